The Hall–Kier alpha value is -1.16. The molecule has 1 aromatic rings. The maximum absolute atomic E-state index is 10.4. The summed E-state index contributed by atoms with van der Waals surface area (Å²) in [7, 11) is -2.64. The van der Waals surface area contributed by atoms with E-state index in [1.807, 2.05) is 6.07 Å². The number of benzene rings is 1. The Morgan fingerprint density at radius 2 is 2.00 bits per heavy atom. The van der Waals surface area contributed by atoms with Crippen molar-refractivity contribution in [3.05, 3.63) is 35.9 Å². The zero-order chi connectivity index (χ0) is 11.7. The molecule has 0 saturated carbocycles. The summed E-state index contributed by atoms with van der Waals surface area (Å²) in [6.07, 6.45) is 0. The molecular formula is C9H14NO4P. The minimum absolute atomic E-state index is 0.314. The summed E-state index contributed by atoms with van der Waals surface area (Å²) < 4.78 is 13.7. The van der Waals surface area contributed by atoms with Gasteiger partial charge in [-0.2, -0.15) is 0 Å². The second-order valence-corrected chi connectivity index (χ2v) is 3.25. The largest absolute Gasteiger partial charge is 0.366 e. The number of nitrogens with two attached hydrogens (primary N) is 1. The van der Waals surface area contributed by atoms with Crippen LogP contribution in [0.4, 0.5) is 0 Å². The van der Waals surface area contributed by atoms with E-state index in [2.05, 4.69) is 4.52 Å². The van der Waals surface area contributed by atoms with Gasteiger partial charge >= 0.3 is 8.25 Å². The normalized spacial score (nSPS) is 11.1. The minimum Gasteiger partial charge on any atom is -0.366 e. The maximum Gasteiger partial charge on any atom is 0.316 e. The number of hydrogen-bond acceptors (Lipinski definition) is 3. The quantitative estimate of drug-likeness (QED) is 0.764. The van der Waals surface area contributed by atoms with E-state index >= 15 is 0 Å². The van der Waals surface area contributed by atoms with Crippen LogP contribution in [0.2, 0.25) is 0 Å². The average Bonchev–Trinajstić information content (AvgIpc) is 2.20. The molecule has 0 bridgehead atoms. The third kappa shape index (κ3) is 7.88. The fourth-order valence-corrected chi connectivity index (χ4v) is 0.973. The first-order valence-corrected chi connectivity index (χ1v) is 5.54. The summed E-state index contributed by atoms with van der Waals surface area (Å²) in [5.74, 6) is -0.379. The van der Waals surface area contributed by atoms with Crippen molar-refractivity contribution < 1.29 is 18.8 Å². The summed E-state index contributed by atoms with van der Waals surface area (Å²) in [5, 5.41) is 0. The van der Waals surface area contributed by atoms with Crippen molar-refractivity contribution in [3.63, 3.8) is 0 Å². The number of primary amides is 1. The summed E-state index contributed by atoms with van der Waals surface area (Å²) in [6, 6.07) is 8.76. The lowest BCUT2D eigenvalue weighted by molar-refractivity contribution is 0.100. The Bertz CT molecular complexity index is 315. The van der Waals surface area contributed by atoms with Crippen LogP contribution >= 0.6 is 8.25 Å². The molecule has 0 aromatic heterocycles. The second kappa shape index (κ2) is 8.17. The molecule has 0 heterocycles. The third-order valence-corrected chi connectivity index (χ3v) is 1.86. The molecule has 1 atom stereocenters. The molecule has 0 aliphatic heterocycles. The number of carbonyl (C=O) groups is 1. The highest BCUT2D eigenvalue weighted by atomic mass is 31.1. The molecule has 1 amide bonds. The molecule has 3 N–H and O–H groups in total. The SMILES string of the molecule is CCO[PH](=O)O.NC(=O)c1ccccc1. The topological polar surface area (TPSA) is 89.6 Å². The Morgan fingerprint density at radius 1 is 1.47 bits per heavy atom. The molecule has 0 aliphatic carbocycles. The van der Waals surface area contributed by atoms with E-state index < -0.39 is 8.25 Å². The van der Waals surface area contributed by atoms with E-state index in [0.29, 0.717) is 12.2 Å². The highest BCUT2D eigenvalue weighted by Crippen LogP contribution is 2.12. The van der Waals surface area contributed by atoms with Gasteiger partial charge in [-0.15, -0.1) is 0 Å². The standard InChI is InChI=1S/C7H7NO.C2H7O3P/c8-7(9)6-4-2-1-3-5-6;1-2-5-6(3)4/h1-5H,(H2,8,9);6H,2H2,1H3,(H,3,4). The second-order valence-electron chi connectivity index (χ2n) is 2.43. The molecule has 0 fully saturated rings. The van der Waals surface area contributed by atoms with Gasteiger partial charge in [0.25, 0.3) is 0 Å². The monoisotopic (exact) mass is 231 g/mol. The van der Waals surface area contributed by atoms with Gasteiger partial charge < -0.3 is 15.2 Å². The van der Waals surface area contributed by atoms with Gasteiger partial charge in [0.15, 0.2) is 0 Å². The Labute approximate surface area is 88.8 Å². The predicted octanol–water partition coefficient (Wildman–Crippen LogP) is 1.19. The predicted molar refractivity (Wildman–Crippen MR) is 57.8 cm³/mol. The molecule has 1 rings (SSSR count). The van der Waals surface area contributed by atoms with Gasteiger partial charge in [-0.25, -0.2) is 0 Å². The molecule has 0 aliphatic rings. The lowest BCUT2D eigenvalue weighted by Crippen LogP contribution is -2.09. The molecular weight excluding hydrogens is 217 g/mol. The van der Waals surface area contributed by atoms with Crippen LogP contribution in [0.3, 0.4) is 0 Å². The van der Waals surface area contributed by atoms with Gasteiger partial charge in [0.2, 0.25) is 5.91 Å². The number of hydrogen-bond donors (Lipinski definition) is 2. The van der Waals surface area contributed by atoms with Crippen LogP contribution in [0, 0.1) is 0 Å². The first-order valence-electron chi connectivity index (χ1n) is 4.28. The Balaban J connectivity index is 0.000000288. The van der Waals surface area contributed by atoms with Crippen LogP contribution < -0.4 is 5.73 Å². The zero-order valence-corrected chi connectivity index (χ0v) is 9.34. The molecule has 6 heteroatoms. The molecule has 0 radical (unpaired) electrons. The van der Waals surface area contributed by atoms with Gasteiger partial charge in [-0.3, -0.25) is 9.36 Å². The molecule has 1 aromatic carbocycles. The van der Waals surface area contributed by atoms with E-state index in [9.17, 15) is 9.36 Å². The highest BCUT2D eigenvalue weighted by molar-refractivity contribution is 7.32. The first-order chi connectivity index (χ1) is 7.07. The lowest BCUT2D eigenvalue weighted by Gasteiger charge is -1.89. The van der Waals surface area contributed by atoms with Crippen LogP contribution in [0.5, 0.6) is 0 Å². The molecule has 84 valence electrons. The van der Waals surface area contributed by atoms with Gasteiger partial charge in [-0.1, -0.05) is 18.2 Å². The van der Waals surface area contributed by atoms with Crippen molar-refractivity contribution >= 4 is 14.2 Å². The van der Waals surface area contributed by atoms with Gasteiger partial charge in [0, 0.05) is 5.56 Å². The van der Waals surface area contributed by atoms with Crippen LogP contribution in [-0.2, 0) is 9.09 Å². The Kier molecular flexibility index (Phi) is 7.54. The first kappa shape index (κ1) is 13.8. The minimum atomic E-state index is -2.64. The molecule has 0 saturated heterocycles. The number of carbonyl (C=O) groups excluding carboxylic acids is 1. The van der Waals surface area contributed by atoms with Gasteiger partial charge in [-0.05, 0) is 19.1 Å². The number of amides is 1. The van der Waals surface area contributed by atoms with Crippen LogP contribution in [0.25, 0.3) is 0 Å². The van der Waals surface area contributed by atoms with Crippen molar-refractivity contribution in [2.24, 2.45) is 5.73 Å². The molecule has 1 unspecified atom stereocenters. The Morgan fingerprint density at radius 3 is 2.20 bits per heavy atom. The van der Waals surface area contributed by atoms with E-state index in [1.165, 1.54) is 0 Å². The van der Waals surface area contributed by atoms with Crippen LogP contribution in [-0.4, -0.2) is 17.4 Å². The summed E-state index contributed by atoms with van der Waals surface area (Å²) >= 11 is 0. The van der Waals surface area contributed by atoms with Crippen LogP contribution in [0.1, 0.15) is 17.3 Å². The number of rotatable bonds is 3. The van der Waals surface area contributed by atoms with Crippen LogP contribution in [0.15, 0.2) is 30.3 Å². The van der Waals surface area contributed by atoms with Crippen molar-refractivity contribution in [3.8, 4) is 0 Å². The molecule has 5 nitrogen and oxygen atoms in total. The molecule has 0 spiro atoms. The average molecular weight is 231 g/mol. The van der Waals surface area contributed by atoms with E-state index in [1.54, 1.807) is 31.2 Å². The van der Waals surface area contributed by atoms with E-state index in [4.69, 9.17) is 10.6 Å². The smallest absolute Gasteiger partial charge is 0.316 e. The summed E-state index contributed by atoms with van der Waals surface area (Å²) in [6.45, 7) is 1.98. The maximum atomic E-state index is 10.4. The fourth-order valence-electron chi connectivity index (χ4n) is 0.726. The van der Waals surface area contributed by atoms with Crippen molar-refractivity contribution in [1.82, 2.24) is 0 Å². The zero-order valence-electron chi connectivity index (χ0n) is 8.34. The summed E-state index contributed by atoms with van der Waals surface area (Å²) in [5.41, 5.74) is 5.53. The highest BCUT2D eigenvalue weighted by Gasteiger charge is 1.93. The third-order valence-electron chi connectivity index (χ3n) is 1.33. The van der Waals surface area contributed by atoms with Gasteiger partial charge in [0.1, 0.15) is 0 Å². The fraction of sp³-hybridized carbons (Fsp3) is 0.222. The van der Waals surface area contributed by atoms with Crippen molar-refractivity contribution in [2.75, 3.05) is 6.61 Å². The van der Waals surface area contributed by atoms with Crippen molar-refractivity contribution in [1.29, 1.82) is 0 Å². The lowest BCUT2D eigenvalue weighted by atomic mass is 10.2. The van der Waals surface area contributed by atoms with Crippen molar-refractivity contribution in [2.45, 2.75) is 6.92 Å². The summed E-state index contributed by atoms with van der Waals surface area (Å²) in [4.78, 5) is 18.3. The van der Waals surface area contributed by atoms with E-state index in [0.717, 1.165) is 0 Å². The molecule has 15 heavy (non-hydrogen) atoms. The van der Waals surface area contributed by atoms with E-state index in [-0.39, 0.29) is 5.91 Å². The van der Waals surface area contributed by atoms with Gasteiger partial charge in [0.05, 0.1) is 6.61 Å².